The average Bonchev–Trinajstić information content (AvgIpc) is 2.90. The van der Waals surface area contributed by atoms with Crippen molar-refractivity contribution < 1.29 is 9.90 Å². The number of aliphatic carboxylic acids is 1. The Morgan fingerprint density at radius 1 is 1.65 bits per heavy atom. The third kappa shape index (κ3) is 2.56. The van der Waals surface area contributed by atoms with Gasteiger partial charge in [-0.1, -0.05) is 0 Å². The number of carbonyl (C=O) groups is 1. The summed E-state index contributed by atoms with van der Waals surface area (Å²) in [4.78, 5) is 26.0. The van der Waals surface area contributed by atoms with Crippen molar-refractivity contribution in [1.82, 2.24) is 9.97 Å². The summed E-state index contributed by atoms with van der Waals surface area (Å²) in [5, 5.41) is 8.84. The van der Waals surface area contributed by atoms with Gasteiger partial charge in [-0.15, -0.1) is 0 Å². The fourth-order valence-electron chi connectivity index (χ4n) is 1.78. The molecule has 7 heteroatoms. The van der Waals surface area contributed by atoms with Crippen molar-refractivity contribution in [3.63, 3.8) is 0 Å². The van der Waals surface area contributed by atoms with Crippen molar-refractivity contribution in [2.75, 3.05) is 0 Å². The van der Waals surface area contributed by atoms with E-state index in [4.69, 9.17) is 10.8 Å². The Morgan fingerprint density at radius 2 is 2.47 bits per heavy atom. The molecule has 0 saturated carbocycles. The minimum atomic E-state index is -1.04. The lowest BCUT2D eigenvalue weighted by Gasteiger charge is -2.23. The van der Waals surface area contributed by atoms with E-state index in [-0.39, 0.29) is 6.42 Å². The average molecular weight is 235 g/mol. The molecule has 90 valence electrons. The molecule has 2 rings (SSSR count). The number of carboxylic acids is 1. The van der Waals surface area contributed by atoms with E-state index < -0.39 is 17.6 Å². The van der Waals surface area contributed by atoms with E-state index in [2.05, 4.69) is 20.0 Å². The zero-order valence-electron chi connectivity index (χ0n) is 9.08. The molecule has 2 atom stereocenters. The highest BCUT2D eigenvalue weighted by molar-refractivity contribution is 5.87. The third-order valence-electron chi connectivity index (χ3n) is 2.62. The molecule has 1 aromatic heterocycles. The van der Waals surface area contributed by atoms with Crippen LogP contribution in [-0.2, 0) is 11.2 Å². The number of H-pyrrole nitrogens is 1. The lowest BCUT2D eigenvalue weighted by molar-refractivity contribution is -0.138. The second-order valence-electron chi connectivity index (χ2n) is 3.99. The number of hydrogen-bond acceptors (Lipinski definition) is 5. The van der Waals surface area contributed by atoms with Gasteiger partial charge in [0.2, 0.25) is 0 Å². The van der Waals surface area contributed by atoms with E-state index in [1.54, 1.807) is 18.6 Å². The normalized spacial score (nSPS) is 24.1. The maximum atomic E-state index is 10.8. The van der Waals surface area contributed by atoms with Gasteiger partial charge >= 0.3 is 5.97 Å². The second kappa shape index (κ2) is 4.46. The van der Waals surface area contributed by atoms with Gasteiger partial charge in [0.15, 0.2) is 0 Å². The molecule has 7 nitrogen and oxygen atoms in total. The molecular formula is C10H13N5O2. The quantitative estimate of drug-likeness (QED) is 0.644. The number of imidazole rings is 1. The predicted molar refractivity (Wildman–Crippen MR) is 62.2 cm³/mol. The third-order valence-corrected chi connectivity index (χ3v) is 2.62. The van der Waals surface area contributed by atoms with E-state index >= 15 is 0 Å². The summed E-state index contributed by atoms with van der Waals surface area (Å²) >= 11 is 0. The van der Waals surface area contributed by atoms with E-state index in [1.807, 2.05) is 0 Å². The first-order valence-corrected chi connectivity index (χ1v) is 5.16. The minimum absolute atomic E-state index is 0.197. The Kier molecular flexibility index (Phi) is 3.01. The van der Waals surface area contributed by atoms with Crippen LogP contribution in [0.3, 0.4) is 0 Å². The zero-order valence-corrected chi connectivity index (χ0v) is 9.08. The smallest absolute Gasteiger partial charge is 0.320 e. The fraction of sp³-hybridized carbons (Fsp3) is 0.400. The lowest BCUT2D eigenvalue weighted by atomic mass is 9.89. The highest BCUT2D eigenvalue weighted by atomic mass is 16.4. The number of carboxylic acid groups (broad SMARTS) is 1. The van der Waals surface area contributed by atoms with Crippen LogP contribution >= 0.6 is 0 Å². The molecule has 17 heavy (non-hydrogen) atoms. The molecule has 1 aliphatic rings. The second-order valence-corrected chi connectivity index (χ2v) is 3.99. The zero-order chi connectivity index (χ0) is 12.3. The molecule has 0 radical (unpaired) electrons. The molecule has 0 saturated heterocycles. The van der Waals surface area contributed by atoms with Crippen LogP contribution in [0.15, 0.2) is 22.4 Å². The van der Waals surface area contributed by atoms with Gasteiger partial charge in [0.25, 0.3) is 0 Å². The molecular weight excluding hydrogens is 222 g/mol. The van der Waals surface area contributed by atoms with Gasteiger partial charge in [-0.25, -0.2) is 9.98 Å². The number of nitrogens with zero attached hydrogens (tertiary/aromatic N) is 3. The first kappa shape index (κ1) is 11.5. The van der Waals surface area contributed by atoms with E-state index in [0.717, 1.165) is 5.82 Å². The Bertz CT molecular complexity index is 439. The SMILES string of the molecule is N[C@@H](CC1(Cc2ncc[nH]2)C=NC=N1)C(=O)O. The molecule has 1 aliphatic heterocycles. The number of rotatable bonds is 5. The number of hydrogen-bond donors (Lipinski definition) is 3. The summed E-state index contributed by atoms with van der Waals surface area (Å²) in [7, 11) is 0. The summed E-state index contributed by atoms with van der Waals surface area (Å²) in [6, 6.07) is -0.966. The van der Waals surface area contributed by atoms with E-state index in [9.17, 15) is 4.79 Å². The van der Waals surface area contributed by atoms with Crippen LogP contribution in [-0.4, -0.2) is 45.2 Å². The van der Waals surface area contributed by atoms with Crippen molar-refractivity contribution in [3.05, 3.63) is 18.2 Å². The van der Waals surface area contributed by atoms with Crippen LogP contribution in [0.25, 0.3) is 0 Å². The van der Waals surface area contributed by atoms with Crippen LogP contribution in [0.1, 0.15) is 12.2 Å². The maximum Gasteiger partial charge on any atom is 0.320 e. The minimum Gasteiger partial charge on any atom is -0.480 e. The van der Waals surface area contributed by atoms with Crippen molar-refractivity contribution >= 4 is 18.5 Å². The molecule has 0 amide bonds. The Hall–Kier alpha value is -2.02. The Labute approximate surface area is 97.5 Å². The monoisotopic (exact) mass is 235 g/mol. The van der Waals surface area contributed by atoms with Crippen LogP contribution in [0.5, 0.6) is 0 Å². The number of nitrogens with two attached hydrogens (primary N) is 1. The van der Waals surface area contributed by atoms with Crippen molar-refractivity contribution in [2.24, 2.45) is 15.7 Å². The van der Waals surface area contributed by atoms with Gasteiger partial charge in [-0.3, -0.25) is 9.79 Å². The highest BCUT2D eigenvalue weighted by Crippen LogP contribution is 2.22. The number of aromatic amines is 1. The molecule has 0 bridgehead atoms. The molecule has 0 spiro atoms. The van der Waals surface area contributed by atoms with Crippen molar-refractivity contribution in [1.29, 1.82) is 0 Å². The summed E-state index contributed by atoms with van der Waals surface area (Å²) in [5.41, 5.74) is 4.85. The van der Waals surface area contributed by atoms with E-state index in [0.29, 0.717) is 6.42 Å². The van der Waals surface area contributed by atoms with Crippen molar-refractivity contribution in [2.45, 2.75) is 24.4 Å². The molecule has 0 aliphatic carbocycles. The van der Waals surface area contributed by atoms with E-state index in [1.165, 1.54) is 6.34 Å². The first-order valence-electron chi connectivity index (χ1n) is 5.16. The molecule has 0 fully saturated rings. The summed E-state index contributed by atoms with van der Waals surface area (Å²) in [6.07, 6.45) is 7.03. The number of aliphatic imine (C=N–C) groups is 2. The first-order chi connectivity index (χ1) is 8.11. The van der Waals surface area contributed by atoms with Gasteiger partial charge in [-0.05, 0) is 0 Å². The lowest BCUT2D eigenvalue weighted by Crippen LogP contribution is -2.42. The predicted octanol–water partition coefficient (Wildman–Crippen LogP) is -0.394. The van der Waals surface area contributed by atoms with Gasteiger partial charge in [0.05, 0.1) is 0 Å². The summed E-state index contributed by atoms with van der Waals surface area (Å²) in [6.45, 7) is 0. The van der Waals surface area contributed by atoms with Crippen LogP contribution in [0.4, 0.5) is 0 Å². The topological polar surface area (TPSA) is 117 Å². The summed E-state index contributed by atoms with van der Waals surface area (Å²) < 4.78 is 0. The Morgan fingerprint density at radius 3 is 3.00 bits per heavy atom. The standard InChI is InChI=1S/C10H13N5O2/c11-7(9(16)17)3-10(5-12-6-15-10)4-8-13-1-2-14-8/h1-2,5-7H,3-4,11H2,(H,13,14)(H,16,17)/t7-,10?/m0/s1. The maximum absolute atomic E-state index is 10.8. The molecule has 2 heterocycles. The fourth-order valence-corrected chi connectivity index (χ4v) is 1.78. The summed E-state index contributed by atoms with van der Waals surface area (Å²) in [5.74, 6) is -0.313. The van der Waals surface area contributed by atoms with Gasteiger partial charge in [0.1, 0.15) is 23.7 Å². The molecule has 4 N–H and O–H groups in total. The van der Waals surface area contributed by atoms with Gasteiger partial charge < -0.3 is 15.8 Å². The van der Waals surface area contributed by atoms with Crippen LogP contribution in [0, 0.1) is 0 Å². The number of aromatic nitrogens is 2. The van der Waals surface area contributed by atoms with Crippen LogP contribution < -0.4 is 5.73 Å². The molecule has 0 aromatic carbocycles. The van der Waals surface area contributed by atoms with Gasteiger partial charge in [0, 0.05) is 31.4 Å². The van der Waals surface area contributed by atoms with Crippen molar-refractivity contribution in [3.8, 4) is 0 Å². The largest absolute Gasteiger partial charge is 0.480 e. The molecule has 1 unspecified atom stereocenters. The van der Waals surface area contributed by atoms with Gasteiger partial charge in [-0.2, -0.15) is 0 Å². The highest BCUT2D eigenvalue weighted by Gasteiger charge is 2.34. The number of nitrogens with one attached hydrogen (secondary N) is 1. The van der Waals surface area contributed by atoms with Crippen LogP contribution in [0.2, 0.25) is 0 Å². The Balaban J connectivity index is 2.13. The molecule has 1 aromatic rings.